The Kier molecular flexibility index (Phi) is 25.1. The number of unbranched alkanes of at least 4 members (excludes halogenated alkanes) is 18. The topological polar surface area (TPSA) is 69.6 Å². The van der Waals surface area contributed by atoms with E-state index in [2.05, 4.69) is 12.2 Å². The molecule has 0 bridgehead atoms. The minimum absolute atomic E-state index is 0.208. The lowest BCUT2D eigenvalue weighted by Crippen LogP contribution is -2.27. The molecule has 3 N–H and O–H groups in total. The summed E-state index contributed by atoms with van der Waals surface area (Å²) >= 11 is 0. The molecular weight excluding hydrogens is 386 g/mol. The van der Waals surface area contributed by atoms with Crippen LogP contribution in [-0.2, 0) is 4.79 Å². The highest BCUT2D eigenvalue weighted by Gasteiger charge is 2.04. The number of hydrogen-bond acceptors (Lipinski definition) is 3. The number of nitrogens with one attached hydrogen (secondary N) is 1. The second kappa shape index (κ2) is 25.6. The van der Waals surface area contributed by atoms with Gasteiger partial charge in [-0.2, -0.15) is 0 Å². The number of carboxylic acid groups (broad SMARTS) is 1. The molecule has 0 radical (unpaired) electrons. The zero-order chi connectivity index (χ0) is 22.8. The van der Waals surface area contributed by atoms with E-state index in [1.54, 1.807) is 0 Å². The van der Waals surface area contributed by atoms with Crippen molar-refractivity contribution in [3.05, 3.63) is 0 Å². The predicted octanol–water partition coefficient (Wildman–Crippen LogP) is 7.62. The summed E-state index contributed by atoms with van der Waals surface area (Å²) in [4.78, 5) is 10.4. The van der Waals surface area contributed by atoms with Gasteiger partial charge in [0.15, 0.2) is 0 Å². The minimum atomic E-state index is -0.748. The number of hydrogen-bond donors (Lipinski definition) is 3. The fourth-order valence-corrected chi connectivity index (χ4v) is 4.18. The highest BCUT2D eigenvalue weighted by molar-refractivity contribution is 5.66. The van der Waals surface area contributed by atoms with E-state index < -0.39 is 5.97 Å². The maximum Gasteiger partial charge on any atom is 0.303 e. The number of carboxylic acids is 1. The highest BCUT2D eigenvalue weighted by Crippen LogP contribution is 2.14. The van der Waals surface area contributed by atoms with Crippen molar-refractivity contribution in [1.29, 1.82) is 0 Å². The summed E-state index contributed by atoms with van der Waals surface area (Å²) in [6.07, 6.45) is 27.2. The van der Waals surface area contributed by atoms with E-state index in [1.807, 2.05) is 0 Å². The summed E-state index contributed by atoms with van der Waals surface area (Å²) in [5, 5.41) is 21.8. The average molecular weight is 442 g/mol. The van der Waals surface area contributed by atoms with E-state index in [4.69, 9.17) is 5.11 Å². The Morgan fingerprint density at radius 2 is 1.06 bits per heavy atom. The molecule has 0 aliphatic rings. The molecule has 1 unspecified atom stereocenters. The summed E-state index contributed by atoms with van der Waals surface area (Å²) < 4.78 is 0. The van der Waals surface area contributed by atoms with Crippen LogP contribution in [0.1, 0.15) is 148 Å². The molecule has 0 aromatic heterocycles. The number of aliphatic hydroxyl groups excluding tert-OH is 1. The first-order valence-corrected chi connectivity index (χ1v) is 13.8. The quantitative estimate of drug-likeness (QED) is 0.121. The van der Waals surface area contributed by atoms with E-state index in [9.17, 15) is 9.90 Å². The lowest BCUT2D eigenvalue weighted by Gasteiger charge is -2.11. The van der Waals surface area contributed by atoms with Gasteiger partial charge in [-0.15, -0.1) is 0 Å². The lowest BCUT2D eigenvalue weighted by atomic mass is 10.0. The third-order valence-electron chi connectivity index (χ3n) is 6.27. The summed E-state index contributed by atoms with van der Waals surface area (Å²) in [7, 11) is 0. The van der Waals surface area contributed by atoms with Crippen molar-refractivity contribution in [3.8, 4) is 0 Å². The van der Waals surface area contributed by atoms with E-state index in [1.165, 1.54) is 116 Å². The third-order valence-corrected chi connectivity index (χ3v) is 6.27. The Morgan fingerprint density at radius 1 is 0.645 bits per heavy atom. The first-order valence-electron chi connectivity index (χ1n) is 13.8. The van der Waals surface area contributed by atoms with Crippen LogP contribution in [-0.4, -0.2) is 35.4 Å². The first-order chi connectivity index (χ1) is 15.2. The van der Waals surface area contributed by atoms with Gasteiger partial charge in [0.1, 0.15) is 0 Å². The number of aliphatic hydroxyl groups is 1. The average Bonchev–Trinajstić information content (AvgIpc) is 2.75. The van der Waals surface area contributed by atoms with Gasteiger partial charge in [0, 0.05) is 13.0 Å². The van der Waals surface area contributed by atoms with Crippen molar-refractivity contribution in [3.63, 3.8) is 0 Å². The first kappa shape index (κ1) is 30.4. The lowest BCUT2D eigenvalue weighted by molar-refractivity contribution is -0.137. The monoisotopic (exact) mass is 441 g/mol. The van der Waals surface area contributed by atoms with Crippen molar-refractivity contribution in [2.24, 2.45) is 0 Å². The Hall–Kier alpha value is -0.610. The fourth-order valence-electron chi connectivity index (χ4n) is 4.18. The molecule has 0 aliphatic heterocycles. The Morgan fingerprint density at radius 3 is 1.48 bits per heavy atom. The Balaban J connectivity index is 3.10. The smallest absolute Gasteiger partial charge is 0.303 e. The highest BCUT2D eigenvalue weighted by atomic mass is 16.4. The standard InChI is InChI=1S/C27H55NO3/c1-2-3-4-5-6-7-8-9-10-11-12-13-14-15-16-17-18-21-24-28-25-26(29)22-19-20-23-27(30)31/h26,28-29H,2-25H2,1H3,(H,30,31). The second-order valence-corrected chi connectivity index (χ2v) is 9.51. The molecule has 186 valence electrons. The van der Waals surface area contributed by atoms with Crippen LogP contribution in [0, 0.1) is 0 Å². The van der Waals surface area contributed by atoms with Crippen molar-refractivity contribution < 1.29 is 15.0 Å². The summed E-state index contributed by atoms with van der Waals surface area (Å²) in [6, 6.07) is 0. The molecule has 0 rings (SSSR count). The Labute approximate surface area is 194 Å². The SMILES string of the molecule is CCCCCCCCCCCCCCCCCCCCNCC(O)CCCCC(=O)O. The number of carbonyl (C=O) groups is 1. The van der Waals surface area contributed by atoms with E-state index in [-0.39, 0.29) is 12.5 Å². The van der Waals surface area contributed by atoms with Crippen LogP contribution in [0.3, 0.4) is 0 Å². The van der Waals surface area contributed by atoms with Crippen LogP contribution in [0.2, 0.25) is 0 Å². The molecule has 1 atom stereocenters. The van der Waals surface area contributed by atoms with Gasteiger partial charge in [0.25, 0.3) is 0 Å². The van der Waals surface area contributed by atoms with Crippen molar-refractivity contribution in [2.45, 2.75) is 154 Å². The van der Waals surface area contributed by atoms with Crippen molar-refractivity contribution in [2.75, 3.05) is 13.1 Å². The van der Waals surface area contributed by atoms with Crippen LogP contribution in [0.25, 0.3) is 0 Å². The van der Waals surface area contributed by atoms with Gasteiger partial charge in [-0.25, -0.2) is 0 Å². The molecule has 0 saturated carbocycles. The predicted molar refractivity (Wildman–Crippen MR) is 134 cm³/mol. The van der Waals surface area contributed by atoms with Crippen molar-refractivity contribution >= 4 is 5.97 Å². The molecule has 0 heterocycles. The third kappa shape index (κ3) is 27.4. The van der Waals surface area contributed by atoms with E-state index >= 15 is 0 Å². The zero-order valence-electron chi connectivity index (χ0n) is 20.9. The molecule has 0 saturated heterocycles. The normalized spacial score (nSPS) is 12.3. The maximum absolute atomic E-state index is 10.4. The summed E-state index contributed by atoms with van der Waals surface area (Å²) in [5.41, 5.74) is 0. The fraction of sp³-hybridized carbons (Fsp3) is 0.963. The van der Waals surface area contributed by atoms with Crippen LogP contribution in [0.15, 0.2) is 0 Å². The van der Waals surface area contributed by atoms with Gasteiger partial charge >= 0.3 is 5.97 Å². The van der Waals surface area contributed by atoms with E-state index in [0.717, 1.165) is 13.0 Å². The van der Waals surface area contributed by atoms with Gasteiger partial charge in [0.2, 0.25) is 0 Å². The molecular formula is C27H55NO3. The largest absolute Gasteiger partial charge is 0.481 e. The van der Waals surface area contributed by atoms with Crippen LogP contribution in [0.4, 0.5) is 0 Å². The van der Waals surface area contributed by atoms with Crippen molar-refractivity contribution in [1.82, 2.24) is 5.32 Å². The zero-order valence-corrected chi connectivity index (χ0v) is 20.9. The molecule has 4 heteroatoms. The van der Waals surface area contributed by atoms with Crippen LogP contribution >= 0.6 is 0 Å². The Bertz CT molecular complexity index is 362. The second-order valence-electron chi connectivity index (χ2n) is 9.51. The van der Waals surface area contributed by atoms with Gasteiger partial charge in [0.05, 0.1) is 6.10 Å². The van der Waals surface area contributed by atoms with Gasteiger partial charge < -0.3 is 15.5 Å². The molecule has 0 aromatic carbocycles. The van der Waals surface area contributed by atoms with Gasteiger partial charge in [-0.3, -0.25) is 4.79 Å². The summed E-state index contributed by atoms with van der Waals surface area (Å²) in [5.74, 6) is -0.748. The van der Waals surface area contributed by atoms with Crippen LogP contribution < -0.4 is 5.32 Å². The van der Waals surface area contributed by atoms with Crippen LogP contribution in [0.5, 0.6) is 0 Å². The maximum atomic E-state index is 10.4. The molecule has 31 heavy (non-hydrogen) atoms. The summed E-state index contributed by atoms with van der Waals surface area (Å²) in [6.45, 7) is 3.89. The molecule has 0 amide bonds. The van der Waals surface area contributed by atoms with Gasteiger partial charge in [-0.05, 0) is 25.8 Å². The molecule has 0 aliphatic carbocycles. The molecule has 0 aromatic rings. The molecule has 0 fully saturated rings. The van der Waals surface area contributed by atoms with Gasteiger partial charge in [-0.1, -0.05) is 122 Å². The number of aliphatic carboxylic acids is 1. The molecule has 0 spiro atoms. The van der Waals surface area contributed by atoms with E-state index in [0.29, 0.717) is 19.4 Å². The molecule has 4 nitrogen and oxygen atoms in total. The minimum Gasteiger partial charge on any atom is -0.481 e. The number of rotatable bonds is 26.